The fourth-order valence-corrected chi connectivity index (χ4v) is 1.64. The minimum absolute atomic E-state index is 0.0542. The summed E-state index contributed by atoms with van der Waals surface area (Å²) in [4.78, 5) is 12.0. The van der Waals surface area contributed by atoms with Crippen molar-refractivity contribution in [2.45, 2.75) is 26.7 Å². The number of nitrogens with two attached hydrogens (primary N) is 1. The molecule has 0 fully saturated rings. The number of anilines is 1. The third-order valence-electron chi connectivity index (χ3n) is 2.69. The Kier molecular flexibility index (Phi) is 5.17. The molecule has 1 rings (SSSR count). The van der Waals surface area contributed by atoms with E-state index in [0.717, 1.165) is 12.0 Å². The summed E-state index contributed by atoms with van der Waals surface area (Å²) >= 11 is 0. The Morgan fingerprint density at radius 2 is 2.06 bits per heavy atom. The van der Waals surface area contributed by atoms with E-state index < -0.39 is 5.92 Å². The Labute approximate surface area is 107 Å². The van der Waals surface area contributed by atoms with Crippen molar-refractivity contribution in [2.24, 2.45) is 16.8 Å². The van der Waals surface area contributed by atoms with E-state index in [2.05, 4.69) is 10.5 Å². The first-order chi connectivity index (χ1) is 8.58. The highest BCUT2D eigenvalue weighted by molar-refractivity contribution is 6.07. The molecule has 5 heteroatoms. The maximum atomic E-state index is 12.0. The van der Waals surface area contributed by atoms with Gasteiger partial charge in [-0.15, -0.1) is 0 Å². The van der Waals surface area contributed by atoms with Crippen molar-refractivity contribution >= 4 is 17.4 Å². The second-order valence-corrected chi connectivity index (χ2v) is 4.22. The van der Waals surface area contributed by atoms with Gasteiger partial charge in [-0.05, 0) is 25.5 Å². The predicted octanol–water partition coefficient (Wildman–Crippen LogP) is 2.10. The van der Waals surface area contributed by atoms with Crippen LogP contribution in [0.25, 0.3) is 0 Å². The number of hydrogen-bond acceptors (Lipinski definition) is 3. The van der Waals surface area contributed by atoms with E-state index in [1.165, 1.54) is 0 Å². The van der Waals surface area contributed by atoms with Crippen LogP contribution in [0.3, 0.4) is 0 Å². The zero-order valence-corrected chi connectivity index (χ0v) is 10.7. The number of nitrogens with zero attached hydrogens (tertiary/aromatic N) is 1. The predicted molar refractivity (Wildman–Crippen MR) is 71.6 cm³/mol. The maximum absolute atomic E-state index is 12.0. The Morgan fingerprint density at radius 1 is 1.44 bits per heavy atom. The summed E-state index contributed by atoms with van der Waals surface area (Å²) in [6, 6.07) is 7.47. The highest BCUT2D eigenvalue weighted by atomic mass is 16.4. The number of rotatable bonds is 5. The second-order valence-electron chi connectivity index (χ2n) is 4.22. The molecule has 1 aromatic carbocycles. The fourth-order valence-electron chi connectivity index (χ4n) is 1.64. The van der Waals surface area contributed by atoms with Crippen LogP contribution in [0.15, 0.2) is 29.4 Å². The third kappa shape index (κ3) is 3.76. The van der Waals surface area contributed by atoms with Crippen LogP contribution in [0.2, 0.25) is 0 Å². The average Bonchev–Trinajstić information content (AvgIpc) is 2.37. The molecular formula is C13H19N3O2. The van der Waals surface area contributed by atoms with Crippen LogP contribution < -0.4 is 11.1 Å². The highest BCUT2D eigenvalue weighted by Crippen LogP contribution is 2.13. The first-order valence-electron chi connectivity index (χ1n) is 5.93. The van der Waals surface area contributed by atoms with Crippen LogP contribution in [0.4, 0.5) is 5.69 Å². The number of carbonyl (C=O) groups is 1. The molecule has 4 N–H and O–H groups in total. The first-order valence-corrected chi connectivity index (χ1v) is 5.93. The van der Waals surface area contributed by atoms with Gasteiger partial charge >= 0.3 is 0 Å². The van der Waals surface area contributed by atoms with Gasteiger partial charge in [0.15, 0.2) is 5.84 Å². The molecule has 0 radical (unpaired) electrons. The summed E-state index contributed by atoms with van der Waals surface area (Å²) in [5, 5.41) is 14.3. The molecule has 98 valence electrons. The van der Waals surface area contributed by atoms with Gasteiger partial charge < -0.3 is 16.3 Å². The topological polar surface area (TPSA) is 87.7 Å². The molecule has 0 heterocycles. The summed E-state index contributed by atoms with van der Waals surface area (Å²) in [6.45, 7) is 3.92. The molecule has 18 heavy (non-hydrogen) atoms. The van der Waals surface area contributed by atoms with E-state index in [1.807, 2.05) is 38.1 Å². The fraction of sp³-hybridized carbons (Fsp3) is 0.385. The molecule has 0 aliphatic carbocycles. The van der Waals surface area contributed by atoms with Crippen molar-refractivity contribution in [1.82, 2.24) is 0 Å². The standard InChI is InChI=1S/C13H19N3O2/c1-3-4-11(12(14)16-18)13(17)15-10-7-5-9(2)6-8-10/h5-8,11,18H,3-4H2,1-2H3,(H2,14,16)(H,15,17). The van der Waals surface area contributed by atoms with Gasteiger partial charge in [0.05, 0.1) is 5.92 Å². The molecule has 0 aliphatic rings. The van der Waals surface area contributed by atoms with E-state index >= 15 is 0 Å². The van der Waals surface area contributed by atoms with Gasteiger partial charge in [0.1, 0.15) is 0 Å². The molecule has 0 saturated carbocycles. The SMILES string of the molecule is CCCC(C(=O)Nc1ccc(C)cc1)/C(N)=N/O. The van der Waals surface area contributed by atoms with Crippen molar-refractivity contribution in [3.63, 3.8) is 0 Å². The summed E-state index contributed by atoms with van der Waals surface area (Å²) in [5.74, 6) is -0.904. The number of benzene rings is 1. The number of nitrogens with one attached hydrogen (secondary N) is 1. The van der Waals surface area contributed by atoms with E-state index in [1.54, 1.807) is 0 Å². The lowest BCUT2D eigenvalue weighted by Gasteiger charge is -2.14. The smallest absolute Gasteiger partial charge is 0.235 e. The van der Waals surface area contributed by atoms with Crippen molar-refractivity contribution in [3.8, 4) is 0 Å². The monoisotopic (exact) mass is 249 g/mol. The molecule has 1 amide bonds. The summed E-state index contributed by atoms with van der Waals surface area (Å²) < 4.78 is 0. The first kappa shape index (κ1) is 14.0. The maximum Gasteiger partial charge on any atom is 0.235 e. The van der Waals surface area contributed by atoms with Crippen molar-refractivity contribution < 1.29 is 10.0 Å². The molecule has 1 aromatic rings. The van der Waals surface area contributed by atoms with E-state index in [0.29, 0.717) is 12.1 Å². The lowest BCUT2D eigenvalue weighted by atomic mass is 10.0. The molecule has 1 unspecified atom stereocenters. The van der Waals surface area contributed by atoms with Crippen LogP contribution in [-0.4, -0.2) is 17.0 Å². The zero-order chi connectivity index (χ0) is 13.5. The van der Waals surface area contributed by atoms with Gasteiger partial charge in [0.2, 0.25) is 5.91 Å². The molecule has 0 aromatic heterocycles. The number of amidine groups is 1. The van der Waals surface area contributed by atoms with Crippen LogP contribution >= 0.6 is 0 Å². The Bertz CT molecular complexity index is 426. The molecule has 0 aliphatic heterocycles. The number of amides is 1. The summed E-state index contributed by atoms with van der Waals surface area (Å²) in [5.41, 5.74) is 7.35. The molecular weight excluding hydrogens is 230 g/mol. The lowest BCUT2D eigenvalue weighted by Crippen LogP contribution is -2.34. The molecule has 1 atom stereocenters. The van der Waals surface area contributed by atoms with Crippen LogP contribution in [0.1, 0.15) is 25.3 Å². The van der Waals surface area contributed by atoms with Gasteiger partial charge in [0, 0.05) is 5.69 Å². The van der Waals surface area contributed by atoms with Gasteiger partial charge in [0.25, 0.3) is 0 Å². The lowest BCUT2D eigenvalue weighted by molar-refractivity contribution is -0.118. The van der Waals surface area contributed by atoms with Crippen molar-refractivity contribution in [3.05, 3.63) is 29.8 Å². The average molecular weight is 249 g/mol. The highest BCUT2D eigenvalue weighted by Gasteiger charge is 2.22. The second kappa shape index (κ2) is 6.64. The summed E-state index contributed by atoms with van der Waals surface area (Å²) in [7, 11) is 0. The van der Waals surface area contributed by atoms with Crippen molar-refractivity contribution in [1.29, 1.82) is 0 Å². The summed E-state index contributed by atoms with van der Waals surface area (Å²) in [6.07, 6.45) is 1.33. The van der Waals surface area contributed by atoms with Gasteiger partial charge in [-0.25, -0.2) is 0 Å². The number of carbonyl (C=O) groups excluding carboxylic acids is 1. The number of oxime groups is 1. The Morgan fingerprint density at radius 3 is 2.56 bits per heavy atom. The molecule has 0 bridgehead atoms. The van der Waals surface area contributed by atoms with E-state index in [4.69, 9.17) is 10.9 Å². The molecule has 0 saturated heterocycles. The zero-order valence-electron chi connectivity index (χ0n) is 10.7. The van der Waals surface area contributed by atoms with Crippen LogP contribution in [-0.2, 0) is 4.79 Å². The van der Waals surface area contributed by atoms with Gasteiger partial charge in [-0.1, -0.05) is 36.2 Å². The van der Waals surface area contributed by atoms with Crippen molar-refractivity contribution in [2.75, 3.05) is 5.32 Å². The number of aryl methyl sites for hydroxylation is 1. The van der Waals surface area contributed by atoms with E-state index in [9.17, 15) is 4.79 Å². The van der Waals surface area contributed by atoms with Crippen LogP contribution in [0.5, 0.6) is 0 Å². The van der Waals surface area contributed by atoms with Gasteiger partial charge in [-0.3, -0.25) is 4.79 Å². The molecule has 0 spiro atoms. The van der Waals surface area contributed by atoms with Gasteiger partial charge in [-0.2, -0.15) is 0 Å². The number of hydrogen-bond donors (Lipinski definition) is 3. The quantitative estimate of drug-likeness (QED) is 0.323. The Balaban J connectivity index is 2.75. The van der Waals surface area contributed by atoms with E-state index in [-0.39, 0.29) is 11.7 Å². The largest absolute Gasteiger partial charge is 0.409 e. The normalized spacial score (nSPS) is 13.1. The molecule has 5 nitrogen and oxygen atoms in total. The van der Waals surface area contributed by atoms with Crippen LogP contribution in [0, 0.1) is 12.8 Å². The minimum atomic E-state index is -0.596. The third-order valence-corrected chi connectivity index (χ3v) is 2.69. The minimum Gasteiger partial charge on any atom is -0.409 e. The Hall–Kier alpha value is -2.04.